The monoisotopic (exact) mass is 330 g/mol. The van der Waals surface area contributed by atoms with Crippen LogP contribution < -0.4 is 10.6 Å². The molecule has 3 rings (SSSR count). The number of hydrogen-bond acceptors (Lipinski definition) is 2. The largest absolute Gasteiger partial charge is 0.399 e. The first kappa shape index (κ1) is 13.2. The van der Waals surface area contributed by atoms with Crippen LogP contribution in [-0.4, -0.2) is 5.91 Å². The SMILES string of the molecule is Nc1ccc2c(c1)CCC(=O)N2Cc1ccc(Br)cc1. The number of benzene rings is 2. The first-order valence-electron chi connectivity index (χ1n) is 6.57. The minimum Gasteiger partial charge on any atom is -0.399 e. The lowest BCUT2D eigenvalue weighted by Crippen LogP contribution is -2.34. The third kappa shape index (κ3) is 2.56. The van der Waals surface area contributed by atoms with Gasteiger partial charge in [-0.15, -0.1) is 0 Å². The zero-order chi connectivity index (χ0) is 14.1. The number of amides is 1. The molecule has 0 spiro atoms. The van der Waals surface area contributed by atoms with Gasteiger partial charge in [-0.1, -0.05) is 28.1 Å². The third-order valence-electron chi connectivity index (χ3n) is 3.56. The second-order valence-electron chi connectivity index (χ2n) is 4.99. The minimum atomic E-state index is 0.171. The molecule has 0 aliphatic carbocycles. The van der Waals surface area contributed by atoms with Gasteiger partial charge < -0.3 is 10.6 Å². The molecule has 0 atom stereocenters. The minimum absolute atomic E-state index is 0.171. The van der Waals surface area contributed by atoms with Gasteiger partial charge in [0.25, 0.3) is 0 Å². The molecule has 102 valence electrons. The Morgan fingerprint density at radius 1 is 1.10 bits per heavy atom. The van der Waals surface area contributed by atoms with E-state index < -0.39 is 0 Å². The molecule has 1 aliphatic heterocycles. The van der Waals surface area contributed by atoms with Gasteiger partial charge in [-0.3, -0.25) is 4.79 Å². The van der Waals surface area contributed by atoms with Crippen LogP contribution in [0.2, 0.25) is 0 Å². The lowest BCUT2D eigenvalue weighted by molar-refractivity contribution is -0.119. The Bertz CT molecular complexity index is 652. The lowest BCUT2D eigenvalue weighted by atomic mass is 10.00. The maximum absolute atomic E-state index is 12.2. The summed E-state index contributed by atoms with van der Waals surface area (Å²) in [6, 6.07) is 13.8. The molecule has 1 amide bonds. The molecule has 0 aromatic heterocycles. The number of hydrogen-bond donors (Lipinski definition) is 1. The molecule has 0 unspecified atom stereocenters. The predicted molar refractivity (Wildman–Crippen MR) is 84.5 cm³/mol. The second-order valence-corrected chi connectivity index (χ2v) is 5.91. The Hall–Kier alpha value is -1.81. The van der Waals surface area contributed by atoms with Crippen molar-refractivity contribution in [1.29, 1.82) is 0 Å². The van der Waals surface area contributed by atoms with Crippen molar-refractivity contribution in [2.75, 3.05) is 10.6 Å². The highest BCUT2D eigenvalue weighted by Gasteiger charge is 2.24. The van der Waals surface area contributed by atoms with Crippen molar-refractivity contribution >= 4 is 33.2 Å². The highest BCUT2D eigenvalue weighted by molar-refractivity contribution is 9.10. The molecular formula is C16H15BrN2O. The molecule has 4 heteroatoms. The second kappa shape index (κ2) is 5.29. The van der Waals surface area contributed by atoms with E-state index in [1.165, 1.54) is 0 Å². The van der Waals surface area contributed by atoms with Crippen molar-refractivity contribution in [1.82, 2.24) is 0 Å². The van der Waals surface area contributed by atoms with Crippen molar-refractivity contribution in [3.8, 4) is 0 Å². The maximum atomic E-state index is 12.2. The zero-order valence-corrected chi connectivity index (χ0v) is 12.6. The molecule has 2 aromatic carbocycles. The Balaban J connectivity index is 1.93. The molecular weight excluding hydrogens is 316 g/mol. The fourth-order valence-corrected chi connectivity index (χ4v) is 2.79. The van der Waals surface area contributed by atoms with Gasteiger partial charge in [-0.25, -0.2) is 0 Å². The van der Waals surface area contributed by atoms with Gasteiger partial charge >= 0.3 is 0 Å². The van der Waals surface area contributed by atoms with Crippen LogP contribution in [0.15, 0.2) is 46.9 Å². The summed E-state index contributed by atoms with van der Waals surface area (Å²) in [7, 11) is 0. The number of carbonyl (C=O) groups is 1. The van der Waals surface area contributed by atoms with Crippen LogP contribution in [0.3, 0.4) is 0 Å². The van der Waals surface area contributed by atoms with Crippen LogP contribution in [0, 0.1) is 0 Å². The van der Waals surface area contributed by atoms with Gasteiger partial charge in [0.15, 0.2) is 0 Å². The number of aryl methyl sites for hydroxylation is 1. The Kier molecular flexibility index (Phi) is 3.49. The van der Waals surface area contributed by atoms with Crippen molar-refractivity contribution < 1.29 is 4.79 Å². The Morgan fingerprint density at radius 3 is 2.60 bits per heavy atom. The lowest BCUT2D eigenvalue weighted by Gasteiger charge is -2.29. The van der Waals surface area contributed by atoms with Crippen molar-refractivity contribution in [3.05, 3.63) is 58.1 Å². The summed E-state index contributed by atoms with van der Waals surface area (Å²) >= 11 is 3.42. The standard InChI is InChI=1S/C16H15BrN2O/c17-13-4-1-11(2-5-13)10-19-15-7-6-14(18)9-12(15)3-8-16(19)20/h1-2,4-7,9H,3,8,10,18H2. The summed E-state index contributed by atoms with van der Waals surface area (Å²) < 4.78 is 1.04. The molecule has 0 radical (unpaired) electrons. The number of nitrogens with zero attached hydrogens (tertiary/aromatic N) is 1. The summed E-state index contributed by atoms with van der Waals surface area (Å²) in [6.07, 6.45) is 1.32. The van der Waals surface area contributed by atoms with E-state index in [1.807, 2.05) is 47.4 Å². The molecule has 1 aliphatic rings. The Labute approximate surface area is 126 Å². The van der Waals surface area contributed by atoms with Gasteiger partial charge in [0.1, 0.15) is 0 Å². The van der Waals surface area contributed by atoms with Crippen LogP contribution in [0.4, 0.5) is 11.4 Å². The topological polar surface area (TPSA) is 46.3 Å². The molecule has 2 aromatic rings. The van der Waals surface area contributed by atoms with E-state index in [2.05, 4.69) is 15.9 Å². The van der Waals surface area contributed by atoms with Gasteiger partial charge in [0.05, 0.1) is 6.54 Å². The number of rotatable bonds is 2. The molecule has 20 heavy (non-hydrogen) atoms. The van der Waals surface area contributed by atoms with Crippen LogP contribution in [0.25, 0.3) is 0 Å². The number of nitrogen functional groups attached to an aromatic ring is 1. The van der Waals surface area contributed by atoms with Gasteiger partial charge in [0, 0.05) is 22.3 Å². The first-order chi connectivity index (χ1) is 9.63. The summed E-state index contributed by atoms with van der Waals surface area (Å²) in [6.45, 7) is 0.600. The summed E-state index contributed by atoms with van der Waals surface area (Å²) in [5.41, 5.74) is 9.83. The van der Waals surface area contributed by atoms with E-state index in [1.54, 1.807) is 0 Å². The highest BCUT2D eigenvalue weighted by Crippen LogP contribution is 2.30. The molecule has 1 heterocycles. The van der Waals surface area contributed by atoms with E-state index in [0.717, 1.165) is 33.4 Å². The number of anilines is 2. The van der Waals surface area contributed by atoms with Crippen LogP contribution >= 0.6 is 15.9 Å². The van der Waals surface area contributed by atoms with E-state index >= 15 is 0 Å². The number of nitrogens with two attached hydrogens (primary N) is 1. The number of carbonyl (C=O) groups excluding carboxylic acids is 1. The molecule has 3 nitrogen and oxygen atoms in total. The summed E-state index contributed by atoms with van der Waals surface area (Å²) in [5.74, 6) is 0.171. The van der Waals surface area contributed by atoms with Crippen molar-refractivity contribution in [3.63, 3.8) is 0 Å². The highest BCUT2D eigenvalue weighted by atomic mass is 79.9. The molecule has 0 fully saturated rings. The van der Waals surface area contributed by atoms with Crippen LogP contribution in [-0.2, 0) is 17.8 Å². The third-order valence-corrected chi connectivity index (χ3v) is 4.09. The van der Waals surface area contributed by atoms with E-state index in [-0.39, 0.29) is 5.91 Å². The van der Waals surface area contributed by atoms with Gasteiger partial charge in [-0.05, 0) is 47.9 Å². The van der Waals surface area contributed by atoms with Gasteiger partial charge in [0.2, 0.25) is 5.91 Å². The molecule has 2 N–H and O–H groups in total. The fourth-order valence-electron chi connectivity index (χ4n) is 2.53. The van der Waals surface area contributed by atoms with Crippen molar-refractivity contribution in [2.24, 2.45) is 0 Å². The zero-order valence-electron chi connectivity index (χ0n) is 11.0. The smallest absolute Gasteiger partial charge is 0.227 e. The van der Waals surface area contributed by atoms with Crippen molar-refractivity contribution in [2.45, 2.75) is 19.4 Å². The van der Waals surface area contributed by atoms with Crippen LogP contribution in [0.5, 0.6) is 0 Å². The van der Waals surface area contributed by atoms with Gasteiger partial charge in [-0.2, -0.15) is 0 Å². The number of halogens is 1. The summed E-state index contributed by atoms with van der Waals surface area (Å²) in [4.78, 5) is 14.0. The summed E-state index contributed by atoms with van der Waals surface area (Å²) in [5, 5.41) is 0. The predicted octanol–water partition coefficient (Wildman–Crippen LogP) is 3.51. The quantitative estimate of drug-likeness (QED) is 0.856. The fraction of sp³-hybridized carbons (Fsp3) is 0.188. The molecule has 0 saturated carbocycles. The average Bonchev–Trinajstić information content (AvgIpc) is 2.44. The Morgan fingerprint density at radius 2 is 1.85 bits per heavy atom. The number of fused-ring (bicyclic) bond motifs is 1. The van der Waals surface area contributed by atoms with E-state index in [9.17, 15) is 4.79 Å². The van der Waals surface area contributed by atoms with E-state index in [0.29, 0.717) is 13.0 Å². The molecule has 0 bridgehead atoms. The molecule has 0 saturated heterocycles. The normalized spacial score (nSPS) is 14.2. The first-order valence-corrected chi connectivity index (χ1v) is 7.36. The average molecular weight is 331 g/mol. The van der Waals surface area contributed by atoms with E-state index in [4.69, 9.17) is 5.73 Å². The maximum Gasteiger partial charge on any atom is 0.227 e. The van der Waals surface area contributed by atoms with Crippen LogP contribution in [0.1, 0.15) is 17.5 Å².